The second kappa shape index (κ2) is 7.67. The monoisotopic (exact) mass is 474 g/mol. The second-order valence-corrected chi connectivity index (χ2v) is 10.9. The van der Waals surface area contributed by atoms with Gasteiger partial charge in [0.2, 0.25) is 0 Å². The highest BCUT2D eigenvalue weighted by Crippen LogP contribution is 2.71. The van der Waals surface area contributed by atoms with Crippen LogP contribution in [0.3, 0.4) is 0 Å². The Bertz CT molecular complexity index is 1010. The highest BCUT2D eigenvalue weighted by Gasteiger charge is 2.79. The summed E-state index contributed by atoms with van der Waals surface area (Å²) in [6.45, 7) is 7.40. The molecular weight excluding hydrogens is 440 g/mol. The summed E-state index contributed by atoms with van der Waals surface area (Å²) in [7, 11) is 0. The summed E-state index contributed by atoms with van der Waals surface area (Å²) in [6, 6.07) is 1.77. The molecule has 186 valence electrons. The fourth-order valence-corrected chi connectivity index (χ4v) is 7.08. The summed E-state index contributed by atoms with van der Waals surface area (Å²) in [5, 5.41) is 24.5. The van der Waals surface area contributed by atoms with Crippen LogP contribution in [0.1, 0.15) is 71.5 Å². The highest BCUT2D eigenvalue weighted by atomic mass is 16.6. The van der Waals surface area contributed by atoms with Crippen LogP contribution in [-0.2, 0) is 23.8 Å². The fourth-order valence-electron chi connectivity index (χ4n) is 7.08. The van der Waals surface area contributed by atoms with E-state index in [4.69, 9.17) is 18.6 Å². The zero-order chi connectivity index (χ0) is 24.5. The molecule has 2 N–H and O–H groups in total. The predicted octanol–water partition coefficient (Wildman–Crippen LogP) is 3.22. The van der Waals surface area contributed by atoms with Crippen LogP contribution in [0.25, 0.3) is 0 Å². The molecular formula is C26H34O8. The third kappa shape index (κ3) is 2.94. The number of hydrogen-bond donors (Lipinski definition) is 2. The second-order valence-electron chi connectivity index (χ2n) is 10.9. The lowest BCUT2D eigenvalue weighted by Gasteiger charge is -2.67. The lowest BCUT2D eigenvalue weighted by atomic mass is 9.39. The molecule has 4 aliphatic rings. The third-order valence-corrected chi connectivity index (χ3v) is 9.60. The van der Waals surface area contributed by atoms with Gasteiger partial charge in [-0.1, -0.05) is 13.0 Å². The topological polar surface area (TPSA) is 119 Å². The normalized spacial score (nSPS) is 46.2. The minimum atomic E-state index is -1.58. The summed E-state index contributed by atoms with van der Waals surface area (Å²) < 4.78 is 22.5. The van der Waals surface area contributed by atoms with Gasteiger partial charge in [0.15, 0.2) is 0 Å². The molecule has 8 nitrogen and oxygen atoms in total. The van der Waals surface area contributed by atoms with Crippen LogP contribution >= 0.6 is 0 Å². The molecule has 1 aromatic heterocycles. The number of carbonyl (C=O) groups excluding carboxylic acids is 2. The highest BCUT2D eigenvalue weighted by molar-refractivity contribution is 5.88. The van der Waals surface area contributed by atoms with Crippen molar-refractivity contribution in [1.29, 1.82) is 0 Å². The molecule has 2 aliphatic heterocycles. The van der Waals surface area contributed by atoms with E-state index in [9.17, 15) is 19.8 Å². The van der Waals surface area contributed by atoms with E-state index < -0.39 is 46.2 Å². The van der Waals surface area contributed by atoms with E-state index >= 15 is 0 Å². The summed E-state index contributed by atoms with van der Waals surface area (Å²) in [5.74, 6) is -1.17. The largest absolute Gasteiger partial charge is 0.472 e. The molecule has 0 unspecified atom stereocenters. The Labute approximate surface area is 199 Å². The first-order valence-electron chi connectivity index (χ1n) is 12.2. The number of epoxide rings is 1. The van der Waals surface area contributed by atoms with Crippen molar-refractivity contribution in [3.05, 3.63) is 35.8 Å². The Hall–Kier alpha value is -2.16. The van der Waals surface area contributed by atoms with E-state index in [0.29, 0.717) is 25.0 Å². The average molecular weight is 475 g/mol. The van der Waals surface area contributed by atoms with Gasteiger partial charge in [0.05, 0.1) is 30.8 Å². The Morgan fingerprint density at radius 1 is 1.24 bits per heavy atom. The Morgan fingerprint density at radius 3 is 2.59 bits per heavy atom. The molecule has 2 aliphatic carbocycles. The molecule has 8 heteroatoms. The number of hydrogen-bond acceptors (Lipinski definition) is 8. The molecule has 2 saturated heterocycles. The van der Waals surface area contributed by atoms with Crippen molar-refractivity contribution < 1.29 is 38.4 Å². The van der Waals surface area contributed by atoms with Crippen molar-refractivity contribution >= 4 is 11.9 Å². The molecule has 4 fully saturated rings. The Balaban J connectivity index is 1.56. The van der Waals surface area contributed by atoms with Gasteiger partial charge < -0.3 is 28.8 Å². The molecule has 34 heavy (non-hydrogen) atoms. The summed E-state index contributed by atoms with van der Waals surface area (Å²) >= 11 is 0. The van der Waals surface area contributed by atoms with Gasteiger partial charge in [-0.2, -0.15) is 0 Å². The van der Waals surface area contributed by atoms with E-state index in [1.165, 1.54) is 6.26 Å². The van der Waals surface area contributed by atoms with Crippen molar-refractivity contribution in [3.63, 3.8) is 0 Å². The molecule has 5 rings (SSSR count). The van der Waals surface area contributed by atoms with Gasteiger partial charge in [-0.05, 0) is 52.5 Å². The molecule has 1 spiro atoms. The zero-order valence-corrected chi connectivity index (χ0v) is 20.2. The Morgan fingerprint density at radius 2 is 1.97 bits per heavy atom. The lowest BCUT2D eigenvalue weighted by Crippen LogP contribution is -2.77. The van der Waals surface area contributed by atoms with Crippen molar-refractivity contribution in [2.45, 2.75) is 89.3 Å². The predicted molar refractivity (Wildman–Crippen MR) is 119 cm³/mol. The van der Waals surface area contributed by atoms with Gasteiger partial charge in [0.25, 0.3) is 0 Å². The van der Waals surface area contributed by atoms with Crippen LogP contribution in [0.5, 0.6) is 0 Å². The first-order chi connectivity index (χ1) is 16.0. The third-order valence-electron chi connectivity index (χ3n) is 9.60. The average Bonchev–Trinajstić information content (AvgIpc) is 3.36. The SMILES string of the molecule is CC=C(C)C(=O)O[C@@H]1CC[C@@]2(O)[C@](C)(CC[C@H]([C@H]3CO3)[C@]23C[C@H](c2ccoc2)OC3=O)[C@@]1(C)O. The van der Waals surface area contributed by atoms with E-state index in [0.717, 1.165) is 5.56 Å². The molecule has 0 aromatic carbocycles. The maximum Gasteiger partial charge on any atom is 0.333 e. The number of furan rings is 1. The minimum Gasteiger partial charge on any atom is -0.472 e. The molecule has 0 amide bonds. The first-order valence-corrected chi connectivity index (χ1v) is 12.2. The number of allylic oxidation sites excluding steroid dienone is 1. The summed E-state index contributed by atoms with van der Waals surface area (Å²) in [4.78, 5) is 26.3. The van der Waals surface area contributed by atoms with Crippen molar-refractivity contribution in [2.75, 3.05) is 6.61 Å². The number of aliphatic hydroxyl groups is 2. The quantitative estimate of drug-likeness (QED) is 0.388. The number of fused-ring (bicyclic) bond motifs is 2. The maximum absolute atomic E-state index is 13.8. The van der Waals surface area contributed by atoms with Crippen LogP contribution < -0.4 is 0 Å². The number of ether oxygens (including phenoxy) is 3. The summed E-state index contributed by atoms with van der Waals surface area (Å²) in [6.07, 6.45) is 5.03. The molecule has 0 bridgehead atoms. The molecule has 3 heterocycles. The standard InChI is InChI=1S/C26H34O8/c1-5-15(2)21(27)34-20-7-10-26(30)23(3,24(20,4)29)9-6-17(19-14-32-19)25(26)12-18(33-22(25)28)16-8-11-31-13-16/h5,8,11,13,17-20,29-30H,6-7,9-10,12,14H2,1-4H3/t17-,18-,19-,20-,23-,24+,25+,26-/m1/s1. The zero-order valence-electron chi connectivity index (χ0n) is 20.2. The molecule has 1 aromatic rings. The van der Waals surface area contributed by atoms with Crippen molar-refractivity contribution in [1.82, 2.24) is 0 Å². The first kappa shape index (κ1) is 23.6. The van der Waals surface area contributed by atoms with Crippen LogP contribution in [0, 0.1) is 16.7 Å². The van der Waals surface area contributed by atoms with Gasteiger partial charge in [-0.15, -0.1) is 0 Å². The summed E-state index contributed by atoms with van der Waals surface area (Å²) in [5.41, 5.74) is -4.32. The van der Waals surface area contributed by atoms with Crippen LogP contribution in [-0.4, -0.2) is 52.2 Å². The molecule has 2 saturated carbocycles. The Kier molecular flexibility index (Phi) is 5.32. The van der Waals surface area contributed by atoms with E-state index in [-0.39, 0.29) is 31.3 Å². The van der Waals surface area contributed by atoms with E-state index in [1.54, 1.807) is 39.2 Å². The van der Waals surface area contributed by atoms with Gasteiger partial charge in [0.1, 0.15) is 23.2 Å². The number of cyclic esters (lactones) is 1. The molecule has 0 radical (unpaired) electrons. The van der Waals surface area contributed by atoms with Crippen LogP contribution in [0.15, 0.2) is 34.7 Å². The molecule has 8 atom stereocenters. The van der Waals surface area contributed by atoms with Crippen molar-refractivity contribution in [3.8, 4) is 0 Å². The van der Waals surface area contributed by atoms with Crippen molar-refractivity contribution in [2.24, 2.45) is 16.7 Å². The van der Waals surface area contributed by atoms with Crippen LogP contribution in [0.2, 0.25) is 0 Å². The van der Waals surface area contributed by atoms with Gasteiger partial charge in [-0.3, -0.25) is 4.79 Å². The number of rotatable bonds is 4. The maximum atomic E-state index is 13.8. The van der Waals surface area contributed by atoms with E-state index in [2.05, 4.69) is 0 Å². The van der Waals surface area contributed by atoms with Gasteiger partial charge >= 0.3 is 11.9 Å². The minimum absolute atomic E-state index is 0.123. The van der Waals surface area contributed by atoms with Crippen LogP contribution in [0.4, 0.5) is 0 Å². The van der Waals surface area contributed by atoms with E-state index in [1.807, 2.05) is 6.92 Å². The van der Waals surface area contributed by atoms with Gasteiger partial charge in [-0.25, -0.2) is 4.79 Å². The smallest absolute Gasteiger partial charge is 0.333 e. The fraction of sp³-hybridized carbons (Fsp3) is 0.692. The van der Waals surface area contributed by atoms with Gasteiger partial charge in [0, 0.05) is 28.9 Å². The lowest BCUT2D eigenvalue weighted by molar-refractivity contribution is -0.311. The number of carbonyl (C=O) groups is 2. The number of esters is 2.